The highest BCUT2D eigenvalue weighted by molar-refractivity contribution is 7.99. The summed E-state index contributed by atoms with van der Waals surface area (Å²) in [7, 11) is 0. The Balaban J connectivity index is 2.62. The standard InChI is InChI=1S/C15H22N2S/c1-5-8-17-15(4,10-16)11-18-14-7-6-12(2)13(3)9-14/h6-7,9,17H,5,8,11H2,1-4H3. The number of thioether (sulfide) groups is 1. The van der Waals surface area contributed by atoms with Crippen molar-refractivity contribution >= 4 is 11.8 Å². The van der Waals surface area contributed by atoms with E-state index in [1.54, 1.807) is 11.8 Å². The molecule has 0 aliphatic carbocycles. The first-order chi connectivity index (χ1) is 8.50. The van der Waals surface area contributed by atoms with E-state index in [0.717, 1.165) is 18.7 Å². The molecule has 0 bridgehead atoms. The monoisotopic (exact) mass is 262 g/mol. The molecule has 1 rings (SSSR count). The van der Waals surface area contributed by atoms with Crippen LogP contribution in [0, 0.1) is 25.2 Å². The topological polar surface area (TPSA) is 35.8 Å². The predicted molar refractivity (Wildman–Crippen MR) is 79.0 cm³/mol. The van der Waals surface area contributed by atoms with Crippen molar-refractivity contribution in [1.82, 2.24) is 5.32 Å². The van der Waals surface area contributed by atoms with Gasteiger partial charge in [-0.05, 0) is 57.0 Å². The zero-order valence-corrected chi connectivity index (χ0v) is 12.5. The minimum absolute atomic E-state index is 0.445. The van der Waals surface area contributed by atoms with Gasteiger partial charge in [0.2, 0.25) is 0 Å². The van der Waals surface area contributed by atoms with Gasteiger partial charge in [-0.3, -0.25) is 5.32 Å². The van der Waals surface area contributed by atoms with Crippen LogP contribution in [0.15, 0.2) is 23.1 Å². The van der Waals surface area contributed by atoms with Crippen molar-refractivity contribution in [2.75, 3.05) is 12.3 Å². The van der Waals surface area contributed by atoms with Crippen LogP contribution in [0.5, 0.6) is 0 Å². The van der Waals surface area contributed by atoms with E-state index in [1.807, 2.05) is 6.92 Å². The van der Waals surface area contributed by atoms with Gasteiger partial charge in [0.1, 0.15) is 5.54 Å². The molecule has 0 amide bonds. The van der Waals surface area contributed by atoms with E-state index in [-0.39, 0.29) is 0 Å². The minimum Gasteiger partial charge on any atom is -0.299 e. The molecule has 3 heteroatoms. The normalized spacial score (nSPS) is 13.9. The second-order valence-electron chi connectivity index (χ2n) is 4.91. The highest BCUT2D eigenvalue weighted by Gasteiger charge is 2.22. The van der Waals surface area contributed by atoms with Crippen LogP contribution in [0.1, 0.15) is 31.4 Å². The average Bonchev–Trinajstić information content (AvgIpc) is 2.38. The summed E-state index contributed by atoms with van der Waals surface area (Å²) >= 11 is 1.74. The number of nitrogens with one attached hydrogen (secondary N) is 1. The van der Waals surface area contributed by atoms with E-state index >= 15 is 0 Å². The van der Waals surface area contributed by atoms with Gasteiger partial charge in [0, 0.05) is 10.6 Å². The van der Waals surface area contributed by atoms with Crippen molar-refractivity contribution in [2.45, 2.75) is 44.6 Å². The van der Waals surface area contributed by atoms with Gasteiger partial charge >= 0.3 is 0 Å². The smallest absolute Gasteiger partial charge is 0.113 e. The maximum Gasteiger partial charge on any atom is 0.113 e. The van der Waals surface area contributed by atoms with Gasteiger partial charge in [0.15, 0.2) is 0 Å². The maximum atomic E-state index is 9.26. The maximum absolute atomic E-state index is 9.26. The van der Waals surface area contributed by atoms with Gasteiger partial charge < -0.3 is 0 Å². The summed E-state index contributed by atoms with van der Waals surface area (Å²) in [4.78, 5) is 1.23. The van der Waals surface area contributed by atoms with Crippen LogP contribution in [-0.4, -0.2) is 17.8 Å². The quantitative estimate of drug-likeness (QED) is 0.794. The summed E-state index contributed by atoms with van der Waals surface area (Å²) in [6.45, 7) is 9.21. The fourth-order valence-electron chi connectivity index (χ4n) is 1.56. The number of rotatable bonds is 6. The number of benzene rings is 1. The number of aryl methyl sites for hydroxylation is 2. The molecule has 1 atom stereocenters. The molecular formula is C15H22N2S. The first kappa shape index (κ1) is 15.1. The summed E-state index contributed by atoms with van der Waals surface area (Å²) in [6.07, 6.45) is 1.05. The lowest BCUT2D eigenvalue weighted by Crippen LogP contribution is -2.43. The minimum atomic E-state index is -0.445. The van der Waals surface area contributed by atoms with Crippen LogP contribution in [0.2, 0.25) is 0 Å². The Labute approximate surface area is 115 Å². The molecule has 1 aromatic rings. The zero-order valence-electron chi connectivity index (χ0n) is 11.7. The molecule has 0 heterocycles. The summed E-state index contributed by atoms with van der Waals surface area (Å²) in [5.41, 5.74) is 2.17. The molecular weight excluding hydrogens is 240 g/mol. The van der Waals surface area contributed by atoms with Crippen molar-refractivity contribution in [3.63, 3.8) is 0 Å². The van der Waals surface area contributed by atoms with Crippen molar-refractivity contribution < 1.29 is 0 Å². The van der Waals surface area contributed by atoms with Crippen molar-refractivity contribution in [1.29, 1.82) is 5.26 Å². The largest absolute Gasteiger partial charge is 0.299 e. The first-order valence-corrected chi connectivity index (χ1v) is 7.35. The lowest BCUT2D eigenvalue weighted by atomic mass is 10.1. The SMILES string of the molecule is CCCNC(C)(C#N)CSc1ccc(C)c(C)c1. The lowest BCUT2D eigenvalue weighted by Gasteiger charge is -2.22. The summed E-state index contributed by atoms with van der Waals surface area (Å²) in [6, 6.07) is 8.84. The highest BCUT2D eigenvalue weighted by Crippen LogP contribution is 2.24. The Hall–Kier alpha value is -0.980. The van der Waals surface area contributed by atoms with Crippen LogP contribution in [0.3, 0.4) is 0 Å². The predicted octanol–water partition coefficient (Wildman–Crippen LogP) is 3.68. The van der Waals surface area contributed by atoms with Crippen LogP contribution in [0.25, 0.3) is 0 Å². The second kappa shape index (κ2) is 6.82. The number of hydrogen-bond acceptors (Lipinski definition) is 3. The molecule has 1 N–H and O–H groups in total. The van der Waals surface area contributed by atoms with Crippen molar-refractivity contribution in [2.24, 2.45) is 0 Å². The van der Waals surface area contributed by atoms with Crippen molar-refractivity contribution in [3.8, 4) is 6.07 Å². The van der Waals surface area contributed by atoms with E-state index in [0.29, 0.717) is 0 Å². The third-order valence-electron chi connectivity index (χ3n) is 3.02. The van der Waals surface area contributed by atoms with Gasteiger partial charge in [0.25, 0.3) is 0 Å². The molecule has 0 saturated carbocycles. The molecule has 0 aromatic heterocycles. The molecule has 0 spiro atoms. The Morgan fingerprint density at radius 1 is 1.33 bits per heavy atom. The van der Waals surface area contributed by atoms with Crippen LogP contribution in [-0.2, 0) is 0 Å². The molecule has 0 saturated heterocycles. The molecule has 1 aromatic carbocycles. The Morgan fingerprint density at radius 3 is 2.61 bits per heavy atom. The molecule has 98 valence electrons. The number of hydrogen-bond donors (Lipinski definition) is 1. The first-order valence-electron chi connectivity index (χ1n) is 6.37. The third-order valence-corrected chi connectivity index (χ3v) is 4.33. The highest BCUT2D eigenvalue weighted by atomic mass is 32.2. The average molecular weight is 262 g/mol. The van der Waals surface area contributed by atoms with E-state index in [1.165, 1.54) is 16.0 Å². The summed E-state index contributed by atoms with van der Waals surface area (Å²) in [5.74, 6) is 0.770. The van der Waals surface area contributed by atoms with E-state index in [4.69, 9.17) is 0 Å². The Morgan fingerprint density at radius 2 is 2.06 bits per heavy atom. The Kier molecular flexibility index (Phi) is 5.71. The van der Waals surface area contributed by atoms with Crippen LogP contribution < -0.4 is 5.32 Å². The molecule has 0 aliphatic rings. The number of nitrogens with zero attached hydrogens (tertiary/aromatic N) is 1. The van der Waals surface area contributed by atoms with Crippen LogP contribution in [0.4, 0.5) is 0 Å². The molecule has 1 unspecified atom stereocenters. The molecule has 18 heavy (non-hydrogen) atoms. The van der Waals surface area contributed by atoms with E-state index in [9.17, 15) is 5.26 Å². The lowest BCUT2D eigenvalue weighted by molar-refractivity contribution is 0.493. The summed E-state index contributed by atoms with van der Waals surface area (Å²) in [5, 5.41) is 12.6. The van der Waals surface area contributed by atoms with Gasteiger partial charge in [0.05, 0.1) is 6.07 Å². The fourth-order valence-corrected chi connectivity index (χ4v) is 2.60. The van der Waals surface area contributed by atoms with Gasteiger partial charge in [-0.15, -0.1) is 11.8 Å². The number of nitriles is 1. The molecule has 0 aliphatic heterocycles. The van der Waals surface area contributed by atoms with Crippen LogP contribution >= 0.6 is 11.8 Å². The molecule has 2 nitrogen and oxygen atoms in total. The molecule has 0 radical (unpaired) electrons. The molecule has 0 fully saturated rings. The van der Waals surface area contributed by atoms with Crippen molar-refractivity contribution in [3.05, 3.63) is 29.3 Å². The van der Waals surface area contributed by atoms with Gasteiger partial charge in [-0.2, -0.15) is 5.26 Å². The van der Waals surface area contributed by atoms with E-state index < -0.39 is 5.54 Å². The van der Waals surface area contributed by atoms with Gasteiger partial charge in [-0.1, -0.05) is 13.0 Å². The second-order valence-corrected chi connectivity index (χ2v) is 5.95. The Bertz CT molecular complexity index is 437. The van der Waals surface area contributed by atoms with E-state index in [2.05, 4.69) is 50.4 Å². The van der Waals surface area contributed by atoms with Gasteiger partial charge in [-0.25, -0.2) is 0 Å². The fraction of sp³-hybridized carbons (Fsp3) is 0.533. The summed E-state index contributed by atoms with van der Waals surface area (Å²) < 4.78 is 0. The zero-order chi connectivity index (χ0) is 13.6. The third kappa shape index (κ3) is 4.36.